The Hall–Kier alpha value is -4.53. The molecule has 270 valence electrons. The van der Waals surface area contributed by atoms with Crippen LogP contribution < -0.4 is 19.5 Å². The predicted molar refractivity (Wildman–Crippen MR) is 195 cm³/mol. The first-order chi connectivity index (χ1) is 23.9. The highest BCUT2D eigenvalue weighted by Gasteiger charge is 2.38. The summed E-state index contributed by atoms with van der Waals surface area (Å²) < 4.78 is 23.3. The Labute approximate surface area is 297 Å². The number of nitrogens with zero attached hydrogens (tertiary/aromatic N) is 1. The molecule has 0 bridgehead atoms. The van der Waals surface area contributed by atoms with E-state index in [2.05, 4.69) is 37.4 Å². The van der Waals surface area contributed by atoms with Gasteiger partial charge in [0.2, 0.25) is 5.91 Å². The van der Waals surface area contributed by atoms with E-state index in [0.717, 1.165) is 35.1 Å². The SMILES string of the molecule is CC[C@H](C(=O)N1CCCC[C@H]1C(=O)O[C@H](CCc1ccc(C)c(C)c1)c1cccc(OCC(=O)NC(C)C)c1)c1cc(C)c(OC)c(OC)c1. The van der Waals surface area contributed by atoms with Crippen LogP contribution in [0.5, 0.6) is 17.2 Å². The van der Waals surface area contributed by atoms with Gasteiger partial charge in [-0.15, -0.1) is 0 Å². The molecule has 1 saturated heterocycles. The van der Waals surface area contributed by atoms with Gasteiger partial charge in [-0.05, 0) is 125 Å². The van der Waals surface area contributed by atoms with Crippen molar-refractivity contribution in [3.05, 3.63) is 88.0 Å². The van der Waals surface area contributed by atoms with E-state index in [1.165, 1.54) is 11.1 Å². The van der Waals surface area contributed by atoms with Crippen molar-refractivity contribution in [1.29, 1.82) is 0 Å². The van der Waals surface area contributed by atoms with Crippen LogP contribution in [0.4, 0.5) is 0 Å². The van der Waals surface area contributed by atoms with Crippen molar-refractivity contribution in [2.75, 3.05) is 27.4 Å². The number of hydrogen-bond donors (Lipinski definition) is 1. The minimum Gasteiger partial charge on any atom is -0.493 e. The van der Waals surface area contributed by atoms with E-state index < -0.39 is 24.0 Å². The maximum absolute atomic E-state index is 14.3. The molecule has 3 aromatic rings. The monoisotopic (exact) mass is 686 g/mol. The third-order valence-corrected chi connectivity index (χ3v) is 9.43. The molecule has 1 N–H and O–H groups in total. The Kier molecular flexibility index (Phi) is 13.7. The first-order valence-electron chi connectivity index (χ1n) is 17.8. The summed E-state index contributed by atoms with van der Waals surface area (Å²) in [6, 6.07) is 16.9. The minimum atomic E-state index is -0.699. The van der Waals surface area contributed by atoms with Gasteiger partial charge in [-0.25, -0.2) is 4.79 Å². The summed E-state index contributed by atoms with van der Waals surface area (Å²) in [5, 5.41) is 2.83. The average Bonchev–Trinajstić information content (AvgIpc) is 3.10. The summed E-state index contributed by atoms with van der Waals surface area (Å²) in [4.78, 5) is 42.4. The Morgan fingerprint density at radius 3 is 2.36 bits per heavy atom. The molecule has 0 aliphatic carbocycles. The predicted octanol–water partition coefficient (Wildman–Crippen LogP) is 7.32. The zero-order chi connectivity index (χ0) is 36.4. The van der Waals surface area contributed by atoms with Crippen LogP contribution in [0.2, 0.25) is 0 Å². The Balaban J connectivity index is 1.59. The lowest BCUT2D eigenvalue weighted by Crippen LogP contribution is -2.50. The molecule has 1 heterocycles. The minimum absolute atomic E-state index is 0.00799. The highest BCUT2D eigenvalue weighted by atomic mass is 16.5. The zero-order valence-electron chi connectivity index (χ0n) is 31.0. The highest BCUT2D eigenvalue weighted by Crippen LogP contribution is 2.37. The van der Waals surface area contributed by atoms with Crippen LogP contribution in [0.25, 0.3) is 0 Å². The third kappa shape index (κ3) is 9.79. The van der Waals surface area contributed by atoms with Gasteiger partial charge in [-0.3, -0.25) is 9.59 Å². The maximum Gasteiger partial charge on any atom is 0.329 e. The number of benzene rings is 3. The number of hydrogen-bond acceptors (Lipinski definition) is 7. The van der Waals surface area contributed by atoms with Crippen LogP contribution in [0.1, 0.15) is 98.3 Å². The summed E-state index contributed by atoms with van der Waals surface area (Å²) in [6.07, 6.45) is 3.36. The number of amides is 2. The lowest BCUT2D eigenvalue weighted by molar-refractivity contribution is -0.162. The summed E-state index contributed by atoms with van der Waals surface area (Å²) >= 11 is 0. The molecule has 4 rings (SSSR count). The number of methoxy groups -OCH3 is 2. The van der Waals surface area contributed by atoms with Crippen molar-refractivity contribution in [1.82, 2.24) is 10.2 Å². The average molecular weight is 687 g/mol. The number of nitrogens with one attached hydrogen (secondary N) is 1. The fourth-order valence-corrected chi connectivity index (χ4v) is 6.66. The quantitative estimate of drug-likeness (QED) is 0.167. The van der Waals surface area contributed by atoms with Gasteiger partial charge in [-0.1, -0.05) is 43.3 Å². The van der Waals surface area contributed by atoms with Crippen LogP contribution >= 0.6 is 0 Å². The Bertz CT molecular complexity index is 1640. The molecule has 9 nitrogen and oxygen atoms in total. The molecule has 9 heteroatoms. The maximum atomic E-state index is 14.3. The van der Waals surface area contributed by atoms with Crippen molar-refractivity contribution >= 4 is 17.8 Å². The first kappa shape index (κ1) is 38.3. The smallest absolute Gasteiger partial charge is 0.329 e. The number of likely N-dealkylation sites (tertiary alicyclic amines) is 1. The molecular weight excluding hydrogens is 632 g/mol. The lowest BCUT2D eigenvalue weighted by atomic mass is 9.91. The molecule has 50 heavy (non-hydrogen) atoms. The molecule has 0 unspecified atom stereocenters. The van der Waals surface area contributed by atoms with E-state index in [9.17, 15) is 14.4 Å². The molecular formula is C41H54N2O7. The lowest BCUT2D eigenvalue weighted by Gasteiger charge is -2.37. The second kappa shape index (κ2) is 17.9. The summed E-state index contributed by atoms with van der Waals surface area (Å²) in [7, 11) is 3.18. The highest BCUT2D eigenvalue weighted by molar-refractivity contribution is 5.89. The van der Waals surface area contributed by atoms with E-state index >= 15 is 0 Å². The number of aryl methyl sites for hydroxylation is 4. The number of carbonyl (C=O) groups is 3. The number of carbonyl (C=O) groups excluding carboxylic acids is 3. The first-order valence-corrected chi connectivity index (χ1v) is 17.8. The van der Waals surface area contributed by atoms with Crippen molar-refractivity contribution in [2.24, 2.45) is 0 Å². The summed E-state index contributed by atoms with van der Waals surface area (Å²) in [5.41, 5.74) is 6.05. The zero-order valence-corrected chi connectivity index (χ0v) is 31.0. The normalized spacial score (nSPS) is 15.6. The summed E-state index contributed by atoms with van der Waals surface area (Å²) in [5.74, 6) is 0.550. The van der Waals surface area contributed by atoms with Crippen molar-refractivity contribution < 1.29 is 33.3 Å². The second-order valence-electron chi connectivity index (χ2n) is 13.5. The van der Waals surface area contributed by atoms with Crippen LogP contribution in [-0.4, -0.2) is 62.1 Å². The summed E-state index contributed by atoms with van der Waals surface area (Å²) in [6.45, 7) is 12.2. The third-order valence-electron chi connectivity index (χ3n) is 9.43. The molecule has 0 saturated carbocycles. The van der Waals surface area contributed by atoms with Gasteiger partial charge < -0.3 is 29.2 Å². The van der Waals surface area contributed by atoms with Gasteiger partial charge in [0.1, 0.15) is 17.9 Å². The van der Waals surface area contributed by atoms with Gasteiger partial charge in [0.15, 0.2) is 18.1 Å². The van der Waals surface area contributed by atoms with Crippen LogP contribution in [0.15, 0.2) is 54.6 Å². The van der Waals surface area contributed by atoms with Crippen molar-refractivity contribution in [3.8, 4) is 17.2 Å². The fraction of sp³-hybridized carbons (Fsp3) is 0.488. The van der Waals surface area contributed by atoms with E-state index in [1.54, 1.807) is 25.2 Å². The largest absolute Gasteiger partial charge is 0.493 e. The standard InChI is InChI=1S/C41H54N2O7/c1-9-34(32-22-29(6)39(48-8)37(24-32)47-7)40(45)43-20-11-10-15-35(43)41(46)50-36(19-18-30-17-16-27(4)28(5)21-30)31-13-12-14-33(23-31)49-25-38(44)42-26(2)3/h12-14,16-17,21-24,26,34-36H,9-11,15,18-20,25H2,1-8H3,(H,42,44)/t34-,35-,36+/m0/s1. The molecule has 1 aliphatic heterocycles. The molecule has 0 aromatic heterocycles. The van der Waals surface area contributed by atoms with Gasteiger partial charge in [0, 0.05) is 12.6 Å². The van der Waals surface area contributed by atoms with E-state index in [1.807, 2.05) is 58.0 Å². The molecule has 3 atom stereocenters. The van der Waals surface area contributed by atoms with Gasteiger partial charge in [-0.2, -0.15) is 0 Å². The molecule has 1 fully saturated rings. The van der Waals surface area contributed by atoms with Crippen molar-refractivity contribution in [3.63, 3.8) is 0 Å². The van der Waals surface area contributed by atoms with E-state index in [4.69, 9.17) is 18.9 Å². The second-order valence-corrected chi connectivity index (χ2v) is 13.5. The molecule has 2 amide bonds. The van der Waals surface area contributed by atoms with Gasteiger partial charge in [0.25, 0.3) is 5.91 Å². The number of rotatable bonds is 15. The number of esters is 1. The number of piperidine rings is 1. The Morgan fingerprint density at radius 2 is 1.68 bits per heavy atom. The molecule has 1 aliphatic rings. The van der Waals surface area contributed by atoms with Crippen LogP contribution in [0, 0.1) is 20.8 Å². The topological polar surface area (TPSA) is 103 Å². The van der Waals surface area contributed by atoms with E-state index in [-0.39, 0.29) is 24.5 Å². The number of ether oxygens (including phenoxy) is 4. The molecule has 0 radical (unpaired) electrons. The van der Waals surface area contributed by atoms with Crippen molar-refractivity contribution in [2.45, 2.75) is 104 Å². The van der Waals surface area contributed by atoms with Crippen LogP contribution in [-0.2, 0) is 25.5 Å². The molecule has 3 aromatic carbocycles. The Morgan fingerprint density at radius 1 is 0.900 bits per heavy atom. The molecule has 0 spiro atoms. The van der Waals surface area contributed by atoms with Gasteiger partial charge >= 0.3 is 5.97 Å². The van der Waals surface area contributed by atoms with E-state index in [0.29, 0.717) is 49.5 Å². The van der Waals surface area contributed by atoms with Gasteiger partial charge in [0.05, 0.1) is 20.1 Å². The van der Waals surface area contributed by atoms with Crippen LogP contribution in [0.3, 0.4) is 0 Å². The fourth-order valence-electron chi connectivity index (χ4n) is 6.66.